The summed E-state index contributed by atoms with van der Waals surface area (Å²) in [5, 5.41) is 23.5. The Morgan fingerprint density at radius 2 is 1.97 bits per heavy atom. The van der Waals surface area contributed by atoms with Crippen molar-refractivity contribution in [2.75, 3.05) is 13.1 Å². The highest BCUT2D eigenvalue weighted by atomic mass is 35.5. The molecule has 4 heterocycles. The number of fused-ring (bicyclic) bond motifs is 2. The van der Waals surface area contributed by atoms with Crippen LogP contribution in [0, 0.1) is 13.8 Å². The number of hydrogen-bond donors (Lipinski definition) is 1. The molecule has 0 unspecified atom stereocenters. The summed E-state index contributed by atoms with van der Waals surface area (Å²) < 4.78 is 2.12. The molecular weight excluding hydrogens is 486 g/mol. The molecule has 1 aliphatic rings. The van der Waals surface area contributed by atoms with E-state index in [9.17, 15) is 4.79 Å². The number of piperidine rings is 1. The average molecular weight is 512 g/mol. The molecule has 1 saturated heterocycles. The van der Waals surface area contributed by atoms with E-state index in [1.165, 1.54) is 6.08 Å². The highest BCUT2D eigenvalue weighted by Crippen LogP contribution is 2.44. The van der Waals surface area contributed by atoms with E-state index in [1.54, 1.807) is 6.20 Å². The first-order valence-corrected chi connectivity index (χ1v) is 12.7. The molecule has 2 aromatic carbocycles. The summed E-state index contributed by atoms with van der Waals surface area (Å²) in [6.45, 7) is 9.08. The summed E-state index contributed by atoms with van der Waals surface area (Å²) >= 11 is 7.00. The van der Waals surface area contributed by atoms with Crippen LogP contribution in [0.25, 0.3) is 44.2 Å². The minimum atomic E-state index is -0.0230. The van der Waals surface area contributed by atoms with Crippen LogP contribution in [-0.2, 0) is 4.79 Å². The second-order valence-electron chi connectivity index (χ2n) is 9.53. The van der Waals surface area contributed by atoms with E-state index in [1.807, 2.05) is 42.3 Å². The summed E-state index contributed by atoms with van der Waals surface area (Å²) in [6.07, 6.45) is 6.54. The number of aromatic amines is 1. The van der Waals surface area contributed by atoms with Crippen LogP contribution in [-0.4, -0.2) is 54.1 Å². The number of carbonyl (C=O) groups is 1. The summed E-state index contributed by atoms with van der Waals surface area (Å²) in [4.78, 5) is 14.0. The van der Waals surface area contributed by atoms with Crippen molar-refractivity contribution in [3.8, 4) is 22.4 Å². The average Bonchev–Trinajstić information content (AvgIpc) is 3.53. The van der Waals surface area contributed by atoms with Gasteiger partial charge < -0.3 is 4.90 Å². The van der Waals surface area contributed by atoms with Crippen molar-refractivity contribution in [3.05, 3.63) is 71.7 Å². The Balaban J connectivity index is 1.55. The molecule has 0 aliphatic carbocycles. The highest BCUT2D eigenvalue weighted by molar-refractivity contribution is 6.36. The first-order chi connectivity index (χ1) is 18.0. The number of rotatable bonds is 4. The van der Waals surface area contributed by atoms with Crippen LogP contribution >= 0.6 is 11.6 Å². The summed E-state index contributed by atoms with van der Waals surface area (Å²) in [7, 11) is 0. The number of amides is 1. The molecule has 37 heavy (non-hydrogen) atoms. The second kappa shape index (κ2) is 9.12. The Morgan fingerprint density at radius 3 is 2.76 bits per heavy atom. The Hall–Kier alpha value is -4.04. The van der Waals surface area contributed by atoms with Crippen LogP contribution in [0.4, 0.5) is 0 Å². The number of H-pyrrole nitrogens is 1. The maximum atomic E-state index is 12.1. The van der Waals surface area contributed by atoms with Gasteiger partial charge in [-0.25, -0.2) is 0 Å². The molecular formula is C28H26ClN7O. The predicted molar refractivity (Wildman–Crippen MR) is 145 cm³/mol. The van der Waals surface area contributed by atoms with Crippen molar-refractivity contribution in [2.24, 2.45) is 0 Å². The lowest BCUT2D eigenvalue weighted by Gasteiger charge is -2.32. The van der Waals surface area contributed by atoms with Crippen molar-refractivity contribution in [2.45, 2.75) is 32.7 Å². The van der Waals surface area contributed by atoms with Gasteiger partial charge in [-0.15, -0.1) is 0 Å². The molecule has 6 rings (SSSR count). The summed E-state index contributed by atoms with van der Waals surface area (Å²) in [6, 6.07) is 10.2. The Kier molecular flexibility index (Phi) is 5.76. The number of aromatic nitrogens is 6. The van der Waals surface area contributed by atoms with Crippen LogP contribution in [0.15, 0.2) is 55.4 Å². The smallest absolute Gasteiger partial charge is 0.245 e. The molecule has 1 aliphatic heterocycles. The number of carbonyl (C=O) groups excluding carboxylic acids is 1. The number of hydrogen-bond acceptors (Lipinski definition) is 5. The molecule has 1 fully saturated rings. The molecule has 5 aromatic rings. The predicted octanol–water partition coefficient (Wildman–Crippen LogP) is 5.66. The topological polar surface area (TPSA) is 92.6 Å². The highest BCUT2D eigenvalue weighted by Gasteiger charge is 2.29. The normalized spacial score (nSPS) is 14.5. The minimum absolute atomic E-state index is 0.0230. The zero-order valence-corrected chi connectivity index (χ0v) is 21.5. The molecule has 1 N–H and O–H groups in total. The van der Waals surface area contributed by atoms with Crippen LogP contribution in [0.5, 0.6) is 0 Å². The standard InChI is InChI=1S/C28H26ClN7O/c1-4-24(37)35-11-8-20(9-12-35)36-17(3)25(26-21-15-31-33-23(21)13-16(2)27(26)29)28(34-36)19-5-6-22-18(14-19)7-10-30-32-22/h4-7,10,13-15,20H,1,8-9,11-12H2,2-3H3,(H,31,33). The molecule has 0 radical (unpaired) electrons. The third kappa shape index (κ3) is 3.88. The van der Waals surface area contributed by atoms with Gasteiger partial charge in [0.05, 0.1) is 34.5 Å². The first-order valence-electron chi connectivity index (χ1n) is 12.3. The number of halogens is 1. The molecule has 1 amide bonds. The third-order valence-electron chi connectivity index (χ3n) is 7.35. The van der Waals surface area contributed by atoms with Crippen LogP contribution in [0.1, 0.15) is 30.1 Å². The maximum Gasteiger partial charge on any atom is 0.245 e. The SMILES string of the molecule is C=CC(=O)N1CCC(n2nc(-c3ccc4nnccc4c3)c(-c3c(Cl)c(C)cc4[nH]ncc34)c2C)CC1. The lowest BCUT2D eigenvalue weighted by Crippen LogP contribution is -2.38. The monoisotopic (exact) mass is 511 g/mol. The van der Waals surface area contributed by atoms with Crippen molar-refractivity contribution in [3.63, 3.8) is 0 Å². The summed E-state index contributed by atoms with van der Waals surface area (Å²) in [5.74, 6) is -0.0230. The maximum absolute atomic E-state index is 12.1. The van der Waals surface area contributed by atoms with Gasteiger partial charge >= 0.3 is 0 Å². The fraction of sp³-hybridized carbons (Fsp3) is 0.250. The fourth-order valence-corrected chi connectivity index (χ4v) is 5.67. The zero-order valence-electron chi connectivity index (χ0n) is 20.7. The van der Waals surface area contributed by atoms with Gasteiger partial charge in [-0.1, -0.05) is 24.2 Å². The molecule has 3 aromatic heterocycles. The summed E-state index contributed by atoms with van der Waals surface area (Å²) in [5.41, 5.74) is 7.51. The van der Waals surface area contributed by atoms with Gasteiger partial charge in [-0.2, -0.15) is 20.4 Å². The van der Waals surface area contributed by atoms with Gasteiger partial charge in [0.15, 0.2) is 0 Å². The van der Waals surface area contributed by atoms with Crippen molar-refractivity contribution >= 4 is 39.3 Å². The number of nitrogens with zero attached hydrogens (tertiary/aromatic N) is 6. The van der Waals surface area contributed by atoms with Gasteiger partial charge in [0.25, 0.3) is 0 Å². The molecule has 0 spiro atoms. The van der Waals surface area contributed by atoms with Crippen LogP contribution < -0.4 is 0 Å². The molecule has 0 saturated carbocycles. The van der Waals surface area contributed by atoms with E-state index in [4.69, 9.17) is 16.7 Å². The van der Waals surface area contributed by atoms with Gasteiger partial charge in [0.1, 0.15) is 5.69 Å². The zero-order chi connectivity index (χ0) is 25.7. The third-order valence-corrected chi connectivity index (χ3v) is 7.84. The van der Waals surface area contributed by atoms with Crippen molar-refractivity contribution in [1.29, 1.82) is 0 Å². The number of benzene rings is 2. The van der Waals surface area contributed by atoms with Gasteiger partial charge in [0, 0.05) is 46.2 Å². The van der Waals surface area contributed by atoms with Crippen molar-refractivity contribution < 1.29 is 4.79 Å². The molecule has 8 nitrogen and oxygen atoms in total. The van der Waals surface area contributed by atoms with Gasteiger partial charge in [0.2, 0.25) is 5.91 Å². The minimum Gasteiger partial charge on any atom is -0.339 e. The Labute approximate surface area is 218 Å². The largest absolute Gasteiger partial charge is 0.339 e. The van der Waals surface area contributed by atoms with E-state index < -0.39 is 0 Å². The second-order valence-corrected chi connectivity index (χ2v) is 9.91. The van der Waals surface area contributed by atoms with E-state index in [0.29, 0.717) is 18.1 Å². The van der Waals surface area contributed by atoms with E-state index in [-0.39, 0.29) is 11.9 Å². The molecule has 186 valence electrons. The molecule has 0 atom stereocenters. The lowest BCUT2D eigenvalue weighted by atomic mass is 9.94. The first kappa shape index (κ1) is 23.4. The van der Waals surface area contributed by atoms with Crippen molar-refractivity contribution in [1.82, 2.24) is 35.1 Å². The van der Waals surface area contributed by atoms with Gasteiger partial charge in [-0.05, 0) is 62.6 Å². The number of likely N-dealkylation sites (tertiary alicyclic amines) is 1. The Bertz CT molecular complexity index is 1680. The fourth-order valence-electron chi connectivity index (χ4n) is 5.42. The van der Waals surface area contributed by atoms with E-state index in [0.717, 1.165) is 68.3 Å². The van der Waals surface area contributed by atoms with Crippen LogP contribution in [0.3, 0.4) is 0 Å². The number of aryl methyl sites for hydroxylation is 1. The molecule has 9 heteroatoms. The van der Waals surface area contributed by atoms with E-state index >= 15 is 0 Å². The quantitative estimate of drug-likeness (QED) is 0.314. The van der Waals surface area contributed by atoms with Crippen LogP contribution in [0.2, 0.25) is 5.02 Å². The Morgan fingerprint density at radius 1 is 1.16 bits per heavy atom. The number of nitrogens with one attached hydrogen (secondary N) is 1. The van der Waals surface area contributed by atoms with Gasteiger partial charge in [-0.3, -0.25) is 14.6 Å². The van der Waals surface area contributed by atoms with E-state index in [2.05, 4.69) is 44.6 Å². The lowest BCUT2D eigenvalue weighted by molar-refractivity contribution is -0.127. The molecule has 0 bridgehead atoms.